The van der Waals surface area contributed by atoms with Gasteiger partial charge < -0.3 is 5.32 Å². The molecule has 0 saturated heterocycles. The van der Waals surface area contributed by atoms with E-state index < -0.39 is 0 Å². The summed E-state index contributed by atoms with van der Waals surface area (Å²) in [6, 6.07) is 9.80. The lowest BCUT2D eigenvalue weighted by Gasteiger charge is -2.05. The molecule has 0 unspecified atom stereocenters. The number of thiophene rings is 1. The molecule has 1 amide bonds. The highest BCUT2D eigenvalue weighted by atomic mass is 32.1. The van der Waals surface area contributed by atoms with Crippen molar-refractivity contribution < 1.29 is 4.79 Å². The van der Waals surface area contributed by atoms with E-state index in [1.807, 2.05) is 50.4 Å². The Bertz CT molecular complexity index is 1160. The van der Waals surface area contributed by atoms with Crippen molar-refractivity contribution in [3.8, 4) is 11.1 Å². The molecule has 32 heavy (non-hydrogen) atoms. The van der Waals surface area contributed by atoms with Gasteiger partial charge in [-0.1, -0.05) is 18.6 Å². The maximum Gasteiger partial charge on any atom is 0.230 e. The first-order valence-electron chi connectivity index (χ1n) is 10.6. The fraction of sp³-hybridized carbons (Fsp3) is 0.231. The molecule has 5 nitrogen and oxygen atoms in total. The average molecular weight is 445 g/mol. The monoisotopic (exact) mass is 444 g/mol. The number of rotatable bonds is 8. The summed E-state index contributed by atoms with van der Waals surface area (Å²) in [6.07, 6.45) is 10.6. The number of nitrogens with zero attached hydrogens (tertiary/aromatic N) is 3. The Hall–Kier alpha value is -3.38. The van der Waals surface area contributed by atoms with Crippen LogP contribution in [0.15, 0.2) is 70.8 Å². The highest BCUT2D eigenvalue weighted by Crippen LogP contribution is 2.26. The Balaban J connectivity index is 1.60. The predicted molar refractivity (Wildman–Crippen MR) is 135 cm³/mol. The van der Waals surface area contributed by atoms with Crippen molar-refractivity contribution in [1.29, 1.82) is 0 Å². The standard InChI is InChI=1S/C26H28N4OS/c1-5-18(3)9-11-28-24(6-2)21-7-8-25(29-16-21)30-26(31)15-23-14-22(17-32-23)20-10-12-27-19(4)13-20/h6-14,16-17H,5,15H2,1-4H3,(H,29,30,31)/b18-9+,24-6-,28-11-. The first-order chi connectivity index (χ1) is 15.5. The highest BCUT2D eigenvalue weighted by Gasteiger charge is 2.09. The van der Waals surface area contributed by atoms with E-state index in [0.29, 0.717) is 12.2 Å². The topological polar surface area (TPSA) is 67.2 Å². The number of carbonyl (C=O) groups excluding carboxylic acids is 1. The maximum atomic E-state index is 12.5. The van der Waals surface area contributed by atoms with Crippen molar-refractivity contribution >= 4 is 35.0 Å². The lowest BCUT2D eigenvalue weighted by molar-refractivity contribution is -0.115. The van der Waals surface area contributed by atoms with Gasteiger partial charge in [-0.05, 0) is 80.1 Å². The zero-order valence-corrected chi connectivity index (χ0v) is 19.7. The molecule has 0 radical (unpaired) electrons. The molecule has 0 aliphatic heterocycles. The summed E-state index contributed by atoms with van der Waals surface area (Å²) in [5.74, 6) is 0.440. The van der Waals surface area contributed by atoms with Crippen molar-refractivity contribution in [3.63, 3.8) is 0 Å². The van der Waals surface area contributed by atoms with Crippen LogP contribution in [0, 0.1) is 6.92 Å². The van der Waals surface area contributed by atoms with E-state index in [2.05, 4.69) is 45.6 Å². The summed E-state index contributed by atoms with van der Waals surface area (Å²) in [4.78, 5) is 26.6. The molecule has 3 heterocycles. The molecular formula is C26H28N4OS. The number of carbonyl (C=O) groups is 1. The molecule has 0 spiro atoms. The highest BCUT2D eigenvalue weighted by molar-refractivity contribution is 7.10. The van der Waals surface area contributed by atoms with Crippen molar-refractivity contribution in [1.82, 2.24) is 9.97 Å². The minimum Gasteiger partial charge on any atom is -0.310 e. The van der Waals surface area contributed by atoms with E-state index >= 15 is 0 Å². The summed E-state index contributed by atoms with van der Waals surface area (Å²) >= 11 is 1.58. The van der Waals surface area contributed by atoms with Crippen LogP contribution in [-0.4, -0.2) is 22.1 Å². The van der Waals surface area contributed by atoms with Gasteiger partial charge in [0.15, 0.2) is 0 Å². The third-order valence-corrected chi connectivity index (χ3v) is 5.89. The van der Waals surface area contributed by atoms with E-state index in [0.717, 1.165) is 39.4 Å². The van der Waals surface area contributed by atoms with Crippen molar-refractivity contribution in [2.24, 2.45) is 4.99 Å². The van der Waals surface area contributed by atoms with Gasteiger partial charge in [0.25, 0.3) is 0 Å². The van der Waals surface area contributed by atoms with Crippen LogP contribution in [0.4, 0.5) is 5.82 Å². The Morgan fingerprint density at radius 1 is 1.19 bits per heavy atom. The van der Waals surface area contributed by atoms with Crippen LogP contribution in [0.2, 0.25) is 0 Å². The Morgan fingerprint density at radius 2 is 2.03 bits per heavy atom. The van der Waals surface area contributed by atoms with Crippen LogP contribution in [0.1, 0.15) is 43.3 Å². The zero-order chi connectivity index (χ0) is 22.9. The Kier molecular flexibility index (Phi) is 8.22. The number of aliphatic imine (C=N–C) groups is 1. The number of amides is 1. The number of nitrogens with one attached hydrogen (secondary N) is 1. The lowest BCUT2D eigenvalue weighted by Crippen LogP contribution is -2.14. The summed E-state index contributed by atoms with van der Waals surface area (Å²) in [5.41, 5.74) is 6.21. The molecule has 0 aliphatic rings. The van der Waals surface area contributed by atoms with Crippen LogP contribution >= 0.6 is 11.3 Å². The number of pyridine rings is 2. The fourth-order valence-electron chi connectivity index (χ4n) is 2.99. The summed E-state index contributed by atoms with van der Waals surface area (Å²) < 4.78 is 0. The van der Waals surface area contributed by atoms with Gasteiger partial charge in [-0.25, -0.2) is 4.98 Å². The van der Waals surface area contributed by atoms with Crippen LogP contribution < -0.4 is 5.32 Å². The molecule has 164 valence electrons. The minimum atomic E-state index is -0.0889. The van der Waals surface area contributed by atoms with Crippen LogP contribution in [0.5, 0.6) is 0 Å². The molecule has 3 rings (SSSR count). The van der Waals surface area contributed by atoms with Crippen LogP contribution in [-0.2, 0) is 11.2 Å². The van der Waals surface area contributed by atoms with E-state index in [4.69, 9.17) is 0 Å². The molecular weight excluding hydrogens is 416 g/mol. The predicted octanol–water partition coefficient (Wildman–Crippen LogP) is 6.48. The number of allylic oxidation sites excluding steroid dienone is 3. The van der Waals surface area contributed by atoms with Crippen LogP contribution in [0.25, 0.3) is 16.8 Å². The quantitative estimate of drug-likeness (QED) is 0.404. The summed E-state index contributed by atoms with van der Waals surface area (Å²) in [7, 11) is 0. The fourth-order valence-corrected chi connectivity index (χ4v) is 3.88. The van der Waals surface area contributed by atoms with Gasteiger partial charge in [0.2, 0.25) is 5.91 Å². The van der Waals surface area contributed by atoms with Gasteiger partial charge >= 0.3 is 0 Å². The van der Waals surface area contributed by atoms with Gasteiger partial charge in [0, 0.05) is 34.7 Å². The molecule has 0 fully saturated rings. The first kappa shape index (κ1) is 23.3. The zero-order valence-electron chi connectivity index (χ0n) is 18.9. The second-order valence-electron chi connectivity index (χ2n) is 7.46. The number of hydrogen-bond donors (Lipinski definition) is 1. The average Bonchev–Trinajstić information content (AvgIpc) is 3.25. The van der Waals surface area contributed by atoms with Crippen LogP contribution in [0.3, 0.4) is 0 Å². The number of aromatic nitrogens is 2. The number of aryl methyl sites for hydroxylation is 1. The molecule has 0 aliphatic carbocycles. The normalized spacial score (nSPS) is 12.4. The summed E-state index contributed by atoms with van der Waals surface area (Å²) in [6.45, 7) is 8.11. The van der Waals surface area contributed by atoms with Crippen molar-refractivity contribution in [2.45, 2.75) is 40.5 Å². The molecule has 0 bridgehead atoms. The number of hydrogen-bond acceptors (Lipinski definition) is 5. The molecule has 6 heteroatoms. The summed E-state index contributed by atoms with van der Waals surface area (Å²) in [5, 5.41) is 4.95. The molecule has 1 N–H and O–H groups in total. The van der Waals surface area contributed by atoms with Gasteiger partial charge in [-0.15, -0.1) is 11.3 Å². The van der Waals surface area contributed by atoms with E-state index in [9.17, 15) is 4.79 Å². The van der Waals surface area contributed by atoms with Crippen molar-refractivity contribution in [2.75, 3.05) is 5.32 Å². The van der Waals surface area contributed by atoms with E-state index in [-0.39, 0.29) is 5.91 Å². The third kappa shape index (κ3) is 6.56. The maximum absolute atomic E-state index is 12.5. The van der Waals surface area contributed by atoms with Gasteiger partial charge in [-0.2, -0.15) is 0 Å². The molecule has 0 aromatic carbocycles. The SMILES string of the molecule is C\C=C(/N=C\C=C(/C)CC)c1ccc(NC(=O)Cc2cc(-c3ccnc(C)c3)cs2)nc1. The third-order valence-electron chi connectivity index (χ3n) is 4.95. The minimum absolute atomic E-state index is 0.0889. The Labute approximate surface area is 193 Å². The first-order valence-corrected chi connectivity index (χ1v) is 11.5. The lowest BCUT2D eigenvalue weighted by atomic mass is 10.1. The van der Waals surface area contributed by atoms with E-state index in [1.165, 1.54) is 5.57 Å². The largest absolute Gasteiger partial charge is 0.310 e. The Morgan fingerprint density at radius 3 is 2.72 bits per heavy atom. The van der Waals surface area contributed by atoms with Gasteiger partial charge in [0.1, 0.15) is 5.82 Å². The molecule has 0 saturated carbocycles. The molecule has 3 aromatic rings. The second-order valence-corrected chi connectivity index (χ2v) is 8.46. The molecule has 0 atom stereocenters. The van der Waals surface area contributed by atoms with Gasteiger partial charge in [0.05, 0.1) is 12.1 Å². The second kappa shape index (κ2) is 11.3. The van der Waals surface area contributed by atoms with Crippen molar-refractivity contribution in [3.05, 3.63) is 82.0 Å². The number of anilines is 1. The molecule has 3 aromatic heterocycles. The van der Waals surface area contributed by atoms with Gasteiger partial charge in [-0.3, -0.25) is 14.8 Å². The van der Waals surface area contributed by atoms with E-state index in [1.54, 1.807) is 29.8 Å². The smallest absolute Gasteiger partial charge is 0.230 e.